The molecular weight excluding hydrogens is 274 g/mol. The summed E-state index contributed by atoms with van der Waals surface area (Å²) in [5.74, 6) is 0. The first-order chi connectivity index (χ1) is 10.7. The zero-order valence-corrected chi connectivity index (χ0v) is 12.2. The van der Waals surface area contributed by atoms with E-state index in [1.807, 2.05) is 53.4 Å². The van der Waals surface area contributed by atoms with Gasteiger partial charge in [-0.25, -0.2) is 0 Å². The predicted octanol–water partition coefficient (Wildman–Crippen LogP) is 3.03. The molecule has 1 aliphatic rings. The molecule has 1 atom stereocenters. The summed E-state index contributed by atoms with van der Waals surface area (Å²) >= 11 is 0. The van der Waals surface area contributed by atoms with Gasteiger partial charge >= 0.3 is 0 Å². The molecule has 3 heteroatoms. The molecule has 4 rings (SSSR count). The van der Waals surface area contributed by atoms with Crippen LogP contribution in [0.25, 0.3) is 11.1 Å². The van der Waals surface area contributed by atoms with Crippen LogP contribution in [0.4, 0.5) is 11.4 Å². The summed E-state index contributed by atoms with van der Waals surface area (Å²) in [6.07, 6.45) is 0.892. The van der Waals surface area contributed by atoms with E-state index in [1.165, 1.54) is 5.56 Å². The van der Waals surface area contributed by atoms with E-state index in [0.29, 0.717) is 11.3 Å². The molecule has 0 fully saturated rings. The second-order valence-corrected chi connectivity index (χ2v) is 5.80. The number of rotatable bonds is 2. The number of fused-ring (bicyclic) bond motifs is 1. The van der Waals surface area contributed by atoms with Gasteiger partial charge in [0.05, 0.1) is 5.56 Å². The molecule has 0 spiro atoms. The third kappa shape index (κ3) is 1.69. The lowest BCUT2D eigenvalue weighted by Gasteiger charge is -2.28. The Bertz CT molecular complexity index is 920. The minimum absolute atomic E-state index is 0.183. The average Bonchev–Trinajstić information content (AvgIpc) is 2.88. The van der Waals surface area contributed by atoms with Gasteiger partial charge in [0.1, 0.15) is 5.69 Å². The predicted molar refractivity (Wildman–Crippen MR) is 88.5 cm³/mol. The molecule has 0 saturated heterocycles. The minimum Gasteiger partial charge on any atom is -0.334 e. The fraction of sp³-hybridized carbons (Fsp3) is 0.158. The van der Waals surface area contributed by atoms with Gasteiger partial charge in [0, 0.05) is 11.7 Å². The standard InChI is InChI=1S/C19H15NO2/c1-12-11-14-9-5-6-10-15(14)20(12)17-16(18(21)19(17)22)13-7-3-2-4-8-13/h2-10,12H,11H2,1H3. The monoisotopic (exact) mass is 289 g/mol. The summed E-state index contributed by atoms with van der Waals surface area (Å²) in [6.45, 7) is 2.09. The van der Waals surface area contributed by atoms with E-state index in [9.17, 15) is 9.59 Å². The number of para-hydroxylation sites is 1. The van der Waals surface area contributed by atoms with E-state index in [4.69, 9.17) is 0 Å². The number of hydrogen-bond donors (Lipinski definition) is 0. The van der Waals surface area contributed by atoms with Gasteiger partial charge in [0.2, 0.25) is 5.43 Å². The van der Waals surface area contributed by atoms with Crippen molar-refractivity contribution in [2.24, 2.45) is 0 Å². The van der Waals surface area contributed by atoms with E-state index in [2.05, 4.69) is 13.0 Å². The van der Waals surface area contributed by atoms with Gasteiger partial charge in [0.15, 0.2) is 0 Å². The van der Waals surface area contributed by atoms with E-state index < -0.39 is 0 Å². The molecular formula is C19H15NO2. The second-order valence-electron chi connectivity index (χ2n) is 5.80. The molecule has 0 bridgehead atoms. The van der Waals surface area contributed by atoms with E-state index in [0.717, 1.165) is 17.7 Å². The summed E-state index contributed by atoms with van der Waals surface area (Å²) < 4.78 is 0. The zero-order chi connectivity index (χ0) is 15.3. The number of anilines is 2. The Morgan fingerprint density at radius 1 is 0.909 bits per heavy atom. The average molecular weight is 289 g/mol. The maximum absolute atomic E-state index is 12.2. The maximum atomic E-state index is 12.2. The van der Waals surface area contributed by atoms with E-state index in [-0.39, 0.29) is 16.9 Å². The molecule has 1 unspecified atom stereocenters. The van der Waals surface area contributed by atoms with Gasteiger partial charge in [-0.15, -0.1) is 0 Å². The molecule has 0 aliphatic carbocycles. The van der Waals surface area contributed by atoms with Crippen molar-refractivity contribution in [2.75, 3.05) is 4.90 Å². The van der Waals surface area contributed by atoms with Crippen LogP contribution in [-0.4, -0.2) is 6.04 Å². The van der Waals surface area contributed by atoms with Crippen LogP contribution >= 0.6 is 0 Å². The van der Waals surface area contributed by atoms with Crippen LogP contribution in [0.15, 0.2) is 64.2 Å². The van der Waals surface area contributed by atoms with Crippen molar-refractivity contribution in [3.63, 3.8) is 0 Å². The molecule has 0 saturated carbocycles. The molecule has 0 aromatic heterocycles. The highest BCUT2D eigenvalue weighted by Crippen LogP contribution is 2.40. The second kappa shape index (κ2) is 4.67. The van der Waals surface area contributed by atoms with Gasteiger partial charge in [0.25, 0.3) is 5.43 Å². The van der Waals surface area contributed by atoms with Gasteiger partial charge in [-0.1, -0.05) is 48.5 Å². The molecule has 3 aromatic carbocycles. The molecule has 22 heavy (non-hydrogen) atoms. The highest BCUT2D eigenvalue weighted by atomic mass is 16.2. The first-order valence-corrected chi connectivity index (χ1v) is 7.44. The highest BCUT2D eigenvalue weighted by molar-refractivity contribution is 5.87. The molecule has 0 N–H and O–H groups in total. The molecule has 3 nitrogen and oxygen atoms in total. The Kier molecular flexibility index (Phi) is 2.76. The Balaban J connectivity index is 1.91. The summed E-state index contributed by atoms with van der Waals surface area (Å²) in [6, 6.07) is 17.7. The summed E-state index contributed by atoms with van der Waals surface area (Å²) in [7, 11) is 0. The lowest BCUT2D eigenvalue weighted by atomic mass is 9.97. The fourth-order valence-corrected chi connectivity index (χ4v) is 3.39. The zero-order valence-electron chi connectivity index (χ0n) is 12.2. The lowest BCUT2D eigenvalue weighted by Crippen LogP contribution is -2.42. The number of benzene rings is 2. The van der Waals surface area contributed by atoms with E-state index >= 15 is 0 Å². The van der Waals surface area contributed by atoms with Crippen LogP contribution in [0.5, 0.6) is 0 Å². The van der Waals surface area contributed by atoms with E-state index in [1.54, 1.807) is 0 Å². The Labute approximate surface area is 128 Å². The third-order valence-corrected chi connectivity index (χ3v) is 4.40. The summed E-state index contributed by atoms with van der Waals surface area (Å²) in [5.41, 5.74) is 3.43. The van der Waals surface area contributed by atoms with Crippen molar-refractivity contribution in [1.29, 1.82) is 0 Å². The molecule has 0 radical (unpaired) electrons. The smallest absolute Gasteiger partial charge is 0.250 e. The van der Waals surface area contributed by atoms with Crippen molar-refractivity contribution in [2.45, 2.75) is 19.4 Å². The lowest BCUT2D eigenvalue weighted by molar-refractivity contribution is 0.755. The van der Waals surface area contributed by atoms with Crippen LogP contribution < -0.4 is 15.8 Å². The number of hydrogen-bond acceptors (Lipinski definition) is 3. The molecule has 1 aliphatic heterocycles. The fourth-order valence-electron chi connectivity index (χ4n) is 3.39. The molecule has 3 aromatic rings. The van der Waals surface area contributed by atoms with Crippen LogP contribution in [0.3, 0.4) is 0 Å². The van der Waals surface area contributed by atoms with Crippen molar-refractivity contribution in [3.05, 3.63) is 80.6 Å². The van der Waals surface area contributed by atoms with Crippen LogP contribution in [-0.2, 0) is 6.42 Å². The molecule has 0 amide bonds. The SMILES string of the molecule is CC1Cc2ccccc2N1c1c(-c2ccccc2)c(=O)c1=O. The largest absolute Gasteiger partial charge is 0.334 e. The Morgan fingerprint density at radius 3 is 2.36 bits per heavy atom. The summed E-state index contributed by atoms with van der Waals surface area (Å²) in [4.78, 5) is 26.4. The van der Waals surface area contributed by atoms with Gasteiger partial charge in [-0.3, -0.25) is 9.59 Å². The maximum Gasteiger partial charge on any atom is 0.250 e. The van der Waals surface area contributed by atoms with Crippen LogP contribution in [0, 0.1) is 0 Å². The van der Waals surface area contributed by atoms with Gasteiger partial charge < -0.3 is 4.90 Å². The van der Waals surface area contributed by atoms with Crippen molar-refractivity contribution >= 4 is 11.4 Å². The topological polar surface area (TPSA) is 37.4 Å². The van der Waals surface area contributed by atoms with Crippen molar-refractivity contribution in [1.82, 2.24) is 0 Å². The van der Waals surface area contributed by atoms with Crippen LogP contribution in [0.1, 0.15) is 12.5 Å². The summed E-state index contributed by atoms with van der Waals surface area (Å²) in [5, 5.41) is 0. The first-order valence-electron chi connectivity index (χ1n) is 7.44. The Hall–Kier alpha value is -2.68. The quantitative estimate of drug-likeness (QED) is 0.681. The Morgan fingerprint density at radius 2 is 1.59 bits per heavy atom. The normalized spacial score (nSPS) is 17.0. The van der Waals surface area contributed by atoms with Crippen molar-refractivity contribution < 1.29 is 0 Å². The third-order valence-electron chi connectivity index (χ3n) is 4.40. The highest BCUT2D eigenvalue weighted by Gasteiger charge is 2.34. The minimum atomic E-state index is -0.377. The van der Waals surface area contributed by atoms with Crippen molar-refractivity contribution in [3.8, 4) is 11.1 Å². The first kappa shape index (κ1) is 13.0. The number of nitrogens with zero attached hydrogens (tertiary/aromatic N) is 1. The molecule has 108 valence electrons. The van der Waals surface area contributed by atoms with Gasteiger partial charge in [-0.2, -0.15) is 0 Å². The molecule has 1 heterocycles. The van der Waals surface area contributed by atoms with Gasteiger partial charge in [-0.05, 0) is 30.5 Å². The van der Waals surface area contributed by atoms with Crippen LogP contribution in [0.2, 0.25) is 0 Å².